The third-order valence-electron chi connectivity index (χ3n) is 1.48. The first-order valence-corrected chi connectivity index (χ1v) is 3.87. The Balaban J connectivity index is 2.29. The predicted molar refractivity (Wildman–Crippen MR) is 42.4 cm³/mol. The van der Waals surface area contributed by atoms with Gasteiger partial charge in [0, 0.05) is 13.1 Å². The second-order valence-corrected chi connectivity index (χ2v) is 2.78. The van der Waals surface area contributed by atoms with Gasteiger partial charge in [0.2, 0.25) is 0 Å². The van der Waals surface area contributed by atoms with E-state index in [1.165, 1.54) is 0 Å². The van der Waals surface area contributed by atoms with Gasteiger partial charge in [-0.2, -0.15) is 0 Å². The zero-order valence-electron chi connectivity index (χ0n) is 7.24. The van der Waals surface area contributed by atoms with Gasteiger partial charge in [0.05, 0.1) is 6.10 Å². The van der Waals surface area contributed by atoms with Crippen molar-refractivity contribution in [2.24, 2.45) is 0 Å². The molecule has 0 aliphatic rings. The van der Waals surface area contributed by atoms with Crippen molar-refractivity contribution in [2.45, 2.75) is 26.5 Å². The molecule has 1 aromatic heterocycles. The minimum absolute atomic E-state index is 0.342. The molecule has 5 nitrogen and oxygen atoms in total. The van der Waals surface area contributed by atoms with Gasteiger partial charge < -0.3 is 10.4 Å². The lowest BCUT2D eigenvalue weighted by Gasteiger charge is -2.03. The fourth-order valence-corrected chi connectivity index (χ4v) is 0.809. The maximum absolute atomic E-state index is 8.93. The molecule has 0 aliphatic carbocycles. The van der Waals surface area contributed by atoms with Crippen LogP contribution in [0.2, 0.25) is 0 Å². The molecule has 5 heteroatoms. The lowest BCUT2D eigenvalue weighted by molar-refractivity contribution is 0.190. The van der Waals surface area contributed by atoms with E-state index in [4.69, 9.17) is 5.11 Å². The molecule has 1 unspecified atom stereocenters. The maximum atomic E-state index is 8.93. The summed E-state index contributed by atoms with van der Waals surface area (Å²) in [5.74, 6) is 0. The summed E-state index contributed by atoms with van der Waals surface area (Å²) >= 11 is 0. The highest BCUT2D eigenvalue weighted by atomic mass is 16.6. The smallest absolute Gasteiger partial charge is 0.121 e. The van der Waals surface area contributed by atoms with Gasteiger partial charge in [-0.1, -0.05) is 10.3 Å². The Morgan fingerprint density at radius 2 is 2.33 bits per heavy atom. The highest BCUT2D eigenvalue weighted by Crippen LogP contribution is 1.98. The summed E-state index contributed by atoms with van der Waals surface area (Å²) < 4.78 is 4.50. The predicted octanol–water partition coefficient (Wildman–Crippen LogP) is -0.152. The van der Waals surface area contributed by atoms with E-state index in [0.29, 0.717) is 13.1 Å². The summed E-state index contributed by atoms with van der Waals surface area (Å²) in [5.41, 5.74) is 1.57. The molecule has 0 fully saturated rings. The zero-order valence-corrected chi connectivity index (χ0v) is 7.24. The van der Waals surface area contributed by atoms with Crippen LogP contribution < -0.4 is 5.32 Å². The molecular weight excluding hydrogens is 158 g/mol. The van der Waals surface area contributed by atoms with Crippen LogP contribution in [0.25, 0.3) is 0 Å². The highest BCUT2D eigenvalue weighted by Gasteiger charge is 2.03. The van der Waals surface area contributed by atoms with Crippen LogP contribution in [0.1, 0.15) is 18.3 Å². The van der Waals surface area contributed by atoms with Gasteiger partial charge in [-0.15, -0.1) is 0 Å². The van der Waals surface area contributed by atoms with Crippen LogP contribution in [0.5, 0.6) is 0 Å². The van der Waals surface area contributed by atoms with E-state index in [1.807, 2.05) is 6.92 Å². The van der Waals surface area contributed by atoms with Crippen LogP contribution in [0, 0.1) is 6.92 Å². The number of aliphatic hydroxyl groups excluding tert-OH is 1. The molecule has 0 amide bonds. The lowest BCUT2D eigenvalue weighted by atomic mass is 10.3. The number of aliphatic hydroxyl groups is 1. The van der Waals surface area contributed by atoms with Gasteiger partial charge >= 0.3 is 0 Å². The van der Waals surface area contributed by atoms with Crippen molar-refractivity contribution in [1.82, 2.24) is 15.6 Å². The molecular formula is C7H13N3O2. The molecule has 0 saturated carbocycles. The largest absolute Gasteiger partial charge is 0.392 e. The molecule has 1 aromatic rings. The van der Waals surface area contributed by atoms with Crippen LogP contribution in [0.15, 0.2) is 4.63 Å². The Labute approximate surface area is 70.7 Å². The van der Waals surface area contributed by atoms with Crippen LogP contribution in [0.4, 0.5) is 0 Å². The highest BCUT2D eigenvalue weighted by molar-refractivity contribution is 5.03. The van der Waals surface area contributed by atoms with Crippen LogP contribution in [0.3, 0.4) is 0 Å². The van der Waals surface area contributed by atoms with Crippen molar-refractivity contribution in [2.75, 3.05) is 6.54 Å². The van der Waals surface area contributed by atoms with E-state index < -0.39 is 0 Å². The minimum Gasteiger partial charge on any atom is -0.392 e. The van der Waals surface area contributed by atoms with Gasteiger partial charge in [0.15, 0.2) is 0 Å². The minimum atomic E-state index is -0.342. The maximum Gasteiger partial charge on any atom is 0.121 e. The monoisotopic (exact) mass is 171 g/mol. The van der Waals surface area contributed by atoms with E-state index >= 15 is 0 Å². The summed E-state index contributed by atoms with van der Waals surface area (Å²) in [6, 6.07) is 0. The molecule has 0 bridgehead atoms. The Hall–Kier alpha value is -0.940. The molecule has 0 aromatic carbocycles. The number of nitrogens with zero attached hydrogens (tertiary/aromatic N) is 2. The van der Waals surface area contributed by atoms with E-state index in [2.05, 4.69) is 20.3 Å². The number of aromatic nitrogens is 2. The van der Waals surface area contributed by atoms with Crippen molar-refractivity contribution < 1.29 is 9.74 Å². The third kappa shape index (κ3) is 2.60. The van der Waals surface area contributed by atoms with Gasteiger partial charge in [0.25, 0.3) is 0 Å². The first-order chi connectivity index (χ1) is 5.70. The second-order valence-electron chi connectivity index (χ2n) is 2.78. The second kappa shape index (κ2) is 4.18. The van der Waals surface area contributed by atoms with Crippen LogP contribution in [-0.2, 0) is 6.54 Å². The van der Waals surface area contributed by atoms with E-state index in [-0.39, 0.29) is 6.10 Å². The molecule has 1 rings (SSSR count). The number of hydrogen-bond donors (Lipinski definition) is 2. The van der Waals surface area contributed by atoms with Crippen LogP contribution >= 0.6 is 0 Å². The fraction of sp³-hybridized carbons (Fsp3) is 0.714. The van der Waals surface area contributed by atoms with Crippen molar-refractivity contribution in [3.05, 3.63) is 11.4 Å². The Morgan fingerprint density at radius 3 is 2.83 bits per heavy atom. The number of nitrogens with one attached hydrogen (secondary N) is 1. The van der Waals surface area contributed by atoms with Gasteiger partial charge in [-0.05, 0) is 13.8 Å². The van der Waals surface area contributed by atoms with E-state index in [9.17, 15) is 0 Å². The molecule has 68 valence electrons. The summed E-state index contributed by atoms with van der Waals surface area (Å²) in [4.78, 5) is 0. The van der Waals surface area contributed by atoms with Crippen LogP contribution in [-0.4, -0.2) is 28.1 Å². The normalized spacial score (nSPS) is 13.2. The van der Waals surface area contributed by atoms with Crippen molar-refractivity contribution in [3.8, 4) is 0 Å². The number of aryl methyl sites for hydroxylation is 1. The number of rotatable bonds is 4. The average Bonchev–Trinajstić information content (AvgIpc) is 2.36. The first-order valence-electron chi connectivity index (χ1n) is 3.87. The quantitative estimate of drug-likeness (QED) is 0.659. The topological polar surface area (TPSA) is 71.2 Å². The van der Waals surface area contributed by atoms with Crippen molar-refractivity contribution in [3.63, 3.8) is 0 Å². The standard InChI is InChI=1S/C7H13N3O2/c1-5(11)3-8-4-7-6(2)9-12-10-7/h5,8,11H,3-4H2,1-2H3. The first kappa shape index (κ1) is 9.15. The SMILES string of the molecule is Cc1nonc1CNCC(C)O. The summed E-state index contributed by atoms with van der Waals surface area (Å²) in [6.07, 6.45) is -0.342. The Bertz CT molecular complexity index is 234. The zero-order chi connectivity index (χ0) is 8.97. The van der Waals surface area contributed by atoms with Crippen molar-refractivity contribution >= 4 is 0 Å². The molecule has 0 spiro atoms. The van der Waals surface area contributed by atoms with E-state index in [1.54, 1.807) is 6.92 Å². The summed E-state index contributed by atoms with van der Waals surface area (Å²) in [5, 5.41) is 19.3. The Kier molecular flexibility index (Phi) is 3.19. The summed E-state index contributed by atoms with van der Waals surface area (Å²) in [6.45, 7) is 4.68. The molecule has 12 heavy (non-hydrogen) atoms. The summed E-state index contributed by atoms with van der Waals surface area (Å²) in [7, 11) is 0. The fourth-order valence-electron chi connectivity index (χ4n) is 0.809. The molecule has 1 atom stereocenters. The molecule has 1 heterocycles. The lowest BCUT2D eigenvalue weighted by Crippen LogP contribution is -2.24. The average molecular weight is 171 g/mol. The van der Waals surface area contributed by atoms with E-state index in [0.717, 1.165) is 11.4 Å². The molecule has 0 aliphatic heterocycles. The van der Waals surface area contributed by atoms with Crippen molar-refractivity contribution in [1.29, 1.82) is 0 Å². The molecule has 0 radical (unpaired) electrons. The molecule has 0 saturated heterocycles. The molecule has 2 N–H and O–H groups in total. The Morgan fingerprint density at radius 1 is 1.58 bits per heavy atom. The van der Waals surface area contributed by atoms with Gasteiger partial charge in [0.1, 0.15) is 11.4 Å². The number of hydrogen-bond acceptors (Lipinski definition) is 5. The van der Waals surface area contributed by atoms with Gasteiger partial charge in [-0.25, -0.2) is 4.63 Å². The third-order valence-corrected chi connectivity index (χ3v) is 1.48. The van der Waals surface area contributed by atoms with Gasteiger partial charge in [-0.3, -0.25) is 0 Å².